The number of hydrogen-bond donors (Lipinski definition) is 5. The fourth-order valence-corrected chi connectivity index (χ4v) is 9.14. The minimum absolute atomic E-state index is 0. The van der Waals surface area contributed by atoms with Crippen LogP contribution in [0.5, 0.6) is 0 Å². The molecule has 6 heterocycles. The number of hydrogen-bond acceptors (Lipinski definition) is 12. The van der Waals surface area contributed by atoms with Crippen LogP contribution in [0.1, 0.15) is 35.9 Å². The second-order valence-electron chi connectivity index (χ2n) is 18.5. The van der Waals surface area contributed by atoms with E-state index in [4.69, 9.17) is 32.7 Å². The third kappa shape index (κ3) is 18.2. The molecule has 0 aliphatic carbocycles. The first-order valence-corrected chi connectivity index (χ1v) is 26.0. The molecule has 0 saturated carbocycles. The van der Waals surface area contributed by atoms with Crippen molar-refractivity contribution in [1.82, 2.24) is 59.6 Å². The molecule has 5 N–H and O–H groups in total. The maximum atomic E-state index is 13.8. The number of rotatable bonds is 16. The second-order valence-corrected chi connectivity index (χ2v) is 19.3. The maximum Gasteiger partial charge on any atom is 0.412 e. The Balaban J connectivity index is 0.000000344. The molecule has 4 aromatic carbocycles. The molecule has 0 saturated heterocycles. The number of fused-ring (bicyclic) bond motifs is 4. The Morgan fingerprint density at radius 2 is 1.14 bits per heavy atom. The molecule has 85 heavy (non-hydrogen) atoms. The summed E-state index contributed by atoms with van der Waals surface area (Å²) in [6, 6.07) is 25.6. The Kier molecular flexibility index (Phi) is 27.3. The van der Waals surface area contributed by atoms with Crippen molar-refractivity contribution in [3.63, 3.8) is 0 Å². The van der Waals surface area contributed by atoms with E-state index in [1.54, 1.807) is 75.5 Å². The van der Waals surface area contributed by atoms with Gasteiger partial charge in [0, 0.05) is 122 Å². The number of benzene rings is 4. The number of pyridine rings is 2. The number of carbonyl (C=O) groups is 4. The van der Waals surface area contributed by atoms with Gasteiger partial charge in [-0.15, -0.1) is 0 Å². The summed E-state index contributed by atoms with van der Waals surface area (Å²) in [6.45, 7) is 2.09. The number of nitrogens with one attached hydrogen (secondary N) is 5. The van der Waals surface area contributed by atoms with Crippen LogP contribution in [0.2, 0.25) is 10.0 Å². The van der Waals surface area contributed by atoms with Crippen LogP contribution in [-0.4, -0.2) is 114 Å². The van der Waals surface area contributed by atoms with E-state index in [-0.39, 0.29) is 105 Å². The van der Waals surface area contributed by atoms with Gasteiger partial charge in [0.1, 0.15) is 48.1 Å². The molecular weight excluding hydrogens is 1270 g/mol. The Morgan fingerprint density at radius 3 is 1.66 bits per heavy atom. The molecule has 9 aromatic rings. The minimum Gasteiger partial charge on any atom is -0.447 e. The molecule has 0 unspecified atom stereocenters. The average Bonchev–Trinajstić information content (AvgIpc) is 3.79. The summed E-state index contributed by atoms with van der Waals surface area (Å²) in [4.78, 5) is 76.0. The van der Waals surface area contributed by atoms with E-state index < -0.39 is 48.0 Å². The number of nitrogens with zero attached hydrogens (tertiary/aromatic N) is 9. The number of aromatic nitrogens is 7. The molecular formula is C58H65Cl2F2N14O6PdS2-. The van der Waals surface area contributed by atoms with Crippen LogP contribution in [0.3, 0.4) is 0 Å². The van der Waals surface area contributed by atoms with Crippen LogP contribution in [0, 0.1) is 19.1 Å². The molecule has 6 amide bonds. The first-order valence-electron chi connectivity index (χ1n) is 25.2. The summed E-state index contributed by atoms with van der Waals surface area (Å²) < 4.78 is 42.7. The fourth-order valence-electron chi connectivity index (χ4n) is 8.75. The Bertz CT molecular complexity index is 3700. The van der Waals surface area contributed by atoms with Crippen LogP contribution >= 0.6 is 50.2 Å². The van der Waals surface area contributed by atoms with Crippen molar-refractivity contribution in [1.29, 1.82) is 0 Å². The van der Waals surface area contributed by atoms with Crippen LogP contribution in [0.25, 0.3) is 27.1 Å². The summed E-state index contributed by atoms with van der Waals surface area (Å²) in [7, 11) is 3.19. The van der Waals surface area contributed by atoms with Crippen LogP contribution in [0.15, 0.2) is 140 Å². The zero-order valence-corrected chi connectivity index (χ0v) is 50.7. The van der Waals surface area contributed by atoms with Gasteiger partial charge in [0.2, 0.25) is 0 Å². The summed E-state index contributed by atoms with van der Waals surface area (Å²) >= 11 is 12.1. The first kappa shape index (κ1) is 69.9. The smallest absolute Gasteiger partial charge is 0.412 e. The Hall–Kier alpha value is -7.63. The minimum atomic E-state index is -0.717. The molecule has 454 valence electrons. The topological polar surface area (TPSA) is 227 Å². The molecule has 27 heteroatoms. The van der Waals surface area contributed by atoms with E-state index in [9.17, 15) is 28.0 Å². The van der Waals surface area contributed by atoms with Crippen LogP contribution in [-0.2, 0) is 68.9 Å². The van der Waals surface area contributed by atoms with Gasteiger partial charge in [-0.05, 0) is 46.2 Å². The van der Waals surface area contributed by atoms with Crippen molar-refractivity contribution >= 4 is 113 Å². The molecule has 0 radical (unpaired) electrons. The van der Waals surface area contributed by atoms with E-state index >= 15 is 0 Å². The molecule has 10 rings (SSSR count). The molecule has 20 nitrogen and oxygen atoms in total. The summed E-state index contributed by atoms with van der Waals surface area (Å²) in [5, 5.41) is 17.7. The zero-order chi connectivity index (χ0) is 56.1. The summed E-state index contributed by atoms with van der Waals surface area (Å²) in [5.74, 6) is 1.00. The van der Waals surface area contributed by atoms with Gasteiger partial charge in [0.15, 0.2) is 0 Å². The van der Waals surface area contributed by atoms with E-state index in [0.29, 0.717) is 41.6 Å². The number of likely N-dealkylation sites (N-methyl/N-ethyl adjacent to an activating group) is 2. The largest absolute Gasteiger partial charge is 0.447 e. The maximum absolute atomic E-state index is 13.8. The molecule has 0 spiro atoms. The fraction of sp³-hybridized carbons (Fsp3) is 0.241. The van der Waals surface area contributed by atoms with Gasteiger partial charge in [-0.2, -0.15) is 27.0 Å². The summed E-state index contributed by atoms with van der Waals surface area (Å²) in [5.41, 5.74) is 2.72. The normalized spacial score (nSPS) is 11.8. The van der Waals surface area contributed by atoms with Crippen molar-refractivity contribution in [2.45, 2.75) is 58.5 Å². The second kappa shape index (κ2) is 33.2. The number of amides is 6. The molecule has 0 bridgehead atoms. The van der Waals surface area contributed by atoms with Gasteiger partial charge >= 0.3 is 24.2 Å². The van der Waals surface area contributed by atoms with E-state index in [1.165, 1.54) is 34.1 Å². The van der Waals surface area contributed by atoms with E-state index in [1.807, 2.05) is 59.1 Å². The monoisotopic (exact) mass is 1330 g/mol. The molecule has 0 fully saturated rings. The Labute approximate surface area is 528 Å². The zero-order valence-electron chi connectivity index (χ0n) is 45.6. The van der Waals surface area contributed by atoms with E-state index in [0.717, 1.165) is 51.7 Å². The number of anilines is 2. The predicted molar refractivity (Wildman–Crippen MR) is 332 cm³/mol. The first-order chi connectivity index (χ1) is 38.8. The van der Waals surface area contributed by atoms with Gasteiger partial charge in [0.05, 0.1) is 45.7 Å². The quantitative estimate of drug-likeness (QED) is 0.0450. The van der Waals surface area contributed by atoms with Crippen molar-refractivity contribution < 1.29 is 57.9 Å². The third-order valence-corrected chi connectivity index (χ3v) is 14.1. The van der Waals surface area contributed by atoms with Gasteiger partial charge < -0.3 is 51.6 Å². The van der Waals surface area contributed by atoms with Crippen molar-refractivity contribution in [2.24, 2.45) is 0 Å². The van der Waals surface area contributed by atoms with Gasteiger partial charge in [-0.25, -0.2) is 47.9 Å². The molecule has 2 atom stereocenters. The predicted octanol–water partition coefficient (Wildman–Crippen LogP) is 10.7. The summed E-state index contributed by atoms with van der Waals surface area (Å²) in [6.07, 6.45) is 11.1. The number of ether oxygens (including phenoxy) is 2. The average molecular weight is 1330 g/mol. The van der Waals surface area contributed by atoms with Crippen molar-refractivity contribution in [2.75, 3.05) is 44.5 Å². The number of imidazole rings is 2. The number of halogens is 4. The van der Waals surface area contributed by atoms with E-state index in [2.05, 4.69) is 56.1 Å². The van der Waals surface area contributed by atoms with Gasteiger partial charge in [-0.3, -0.25) is 15.6 Å². The van der Waals surface area contributed by atoms with Crippen molar-refractivity contribution in [3.8, 4) is 0 Å². The SMILES string of the molecule is C.CN(C(=O)NCc1cccc(F)c1Cl)[C@H](COC(=O)Nc1cc2ccccc2cn1)Cc1ncc2cnccn12.CN(C(=O)NCc1cccc(F)c1Cl)[C@H](COC(=O)Nc1cc2ccccc2cn1)Cc1ncc2n1CCNC2.S.S.[CH3-].[Pd]. The van der Waals surface area contributed by atoms with Crippen LogP contribution in [0.4, 0.5) is 39.6 Å². The molecule has 1 aliphatic rings. The van der Waals surface area contributed by atoms with Gasteiger partial charge in [0.25, 0.3) is 0 Å². The number of carbonyl (C=O) groups excluding carboxylic acids is 4. The number of urea groups is 2. The third-order valence-electron chi connectivity index (χ3n) is 13.3. The van der Waals surface area contributed by atoms with Crippen LogP contribution < -0.4 is 26.6 Å². The Morgan fingerprint density at radius 1 is 0.659 bits per heavy atom. The molecule has 1 aliphatic heterocycles. The van der Waals surface area contributed by atoms with Crippen molar-refractivity contribution in [3.05, 3.63) is 198 Å². The molecule has 5 aromatic heterocycles. The standard InChI is InChI=1S/C28H29ClFN7O3.C28H25ClFN7O3.CH4.CH3.Pd.2H2S/c2*1-36(27(38)34-14-20-7-4-8-23(30)26(20)29)21(12-25-33-16-22-15-31-9-10-37(22)25)17-40-28(39)35-24-11-18-5-2-3-6-19(18)13-32-24;;;;;/h2-8,11,13,16,21,31H,9-10,12,14-15,17H2,1H3,(H,34,38)(H,32,35,39);2-11,13,15-16,21H,12,14,17H2,1H3,(H,34,38)(H,32,35,39);1H4;1H3;;2*1H2/q;;;-1;;;/t2*21-;;;;;/m00...../s1. The van der Waals surface area contributed by atoms with Gasteiger partial charge in [-0.1, -0.05) is 103 Å².